The van der Waals surface area contributed by atoms with Gasteiger partial charge in [-0.1, -0.05) is 23.7 Å². The Balaban J connectivity index is 2.22. The van der Waals surface area contributed by atoms with Crippen molar-refractivity contribution in [3.05, 3.63) is 46.1 Å². The monoisotopic (exact) mass is 322 g/mol. The number of benzene rings is 1. The number of carbonyl (C=O) groups excluding carboxylic acids is 2. The first-order valence-electron chi connectivity index (χ1n) is 6.38. The number of H-pyrrole nitrogens is 1. The molecule has 0 aliphatic rings. The molecule has 0 atom stereocenters. The van der Waals surface area contributed by atoms with E-state index in [4.69, 9.17) is 16.4 Å². The third-order valence-electron chi connectivity index (χ3n) is 3.13. The predicted octanol–water partition coefficient (Wildman–Crippen LogP) is 2.26. The summed E-state index contributed by atoms with van der Waals surface area (Å²) >= 11 is 5.97. The van der Waals surface area contributed by atoms with Crippen molar-refractivity contribution in [1.82, 2.24) is 15.3 Å². The number of aromatic amines is 1. The van der Waals surface area contributed by atoms with Crippen molar-refractivity contribution in [3.8, 4) is 0 Å². The van der Waals surface area contributed by atoms with Crippen molar-refractivity contribution in [1.29, 1.82) is 0 Å². The van der Waals surface area contributed by atoms with Gasteiger partial charge in [-0.2, -0.15) is 5.10 Å². The molecule has 2 aromatic rings. The second kappa shape index (κ2) is 6.59. The first kappa shape index (κ1) is 16.0. The lowest BCUT2D eigenvalue weighted by molar-refractivity contribution is -0.0760. The number of anilines is 1. The molecule has 0 radical (unpaired) electrons. The summed E-state index contributed by atoms with van der Waals surface area (Å²) in [5.74, 6) is -0.539. The Morgan fingerprint density at radius 1 is 1.36 bits per heavy atom. The fourth-order valence-electron chi connectivity index (χ4n) is 1.79. The number of hydrogen-bond acceptors (Lipinski definition) is 4. The summed E-state index contributed by atoms with van der Waals surface area (Å²) in [6, 6.07) is 6.66. The quantitative estimate of drug-likeness (QED) is 0.845. The molecule has 1 aromatic carbocycles. The van der Waals surface area contributed by atoms with Gasteiger partial charge < -0.3 is 5.32 Å². The third kappa shape index (κ3) is 3.10. The highest BCUT2D eigenvalue weighted by Gasteiger charge is 2.21. The Labute approximate surface area is 132 Å². The highest BCUT2D eigenvalue weighted by Crippen LogP contribution is 2.20. The zero-order valence-corrected chi connectivity index (χ0v) is 13.1. The van der Waals surface area contributed by atoms with E-state index in [-0.39, 0.29) is 11.5 Å². The topological polar surface area (TPSA) is 87.3 Å². The minimum absolute atomic E-state index is 0.235. The van der Waals surface area contributed by atoms with Gasteiger partial charge in [0.05, 0.1) is 17.7 Å². The fraction of sp³-hybridized carbons (Fsp3) is 0.214. The molecular weight excluding hydrogens is 308 g/mol. The van der Waals surface area contributed by atoms with E-state index in [1.54, 1.807) is 31.2 Å². The number of amides is 2. The lowest BCUT2D eigenvalue weighted by atomic mass is 10.2. The molecule has 1 aromatic heterocycles. The summed E-state index contributed by atoms with van der Waals surface area (Å²) in [6.45, 7) is 1.67. The van der Waals surface area contributed by atoms with Crippen LogP contribution >= 0.6 is 11.6 Å². The Bertz CT molecular complexity index is 714. The molecule has 0 spiro atoms. The molecule has 7 nitrogen and oxygen atoms in total. The summed E-state index contributed by atoms with van der Waals surface area (Å²) in [5, 5.41) is 10.6. The Hall–Kier alpha value is -2.38. The van der Waals surface area contributed by atoms with Crippen LogP contribution in [0.4, 0.5) is 5.82 Å². The molecule has 0 fully saturated rings. The number of halogens is 1. The van der Waals surface area contributed by atoms with Gasteiger partial charge in [0.1, 0.15) is 5.69 Å². The molecule has 2 N–H and O–H groups in total. The average molecular weight is 323 g/mol. The predicted molar refractivity (Wildman–Crippen MR) is 81.8 cm³/mol. The number of hydroxylamine groups is 2. The third-order valence-corrected chi connectivity index (χ3v) is 3.46. The Kier molecular flexibility index (Phi) is 4.79. The summed E-state index contributed by atoms with van der Waals surface area (Å²) in [7, 11) is 2.86. The first-order valence-corrected chi connectivity index (χ1v) is 6.76. The molecule has 0 saturated heterocycles. The van der Waals surface area contributed by atoms with Crippen LogP contribution in [0.2, 0.25) is 5.02 Å². The van der Waals surface area contributed by atoms with Crippen molar-refractivity contribution < 1.29 is 14.4 Å². The number of hydrogen-bond donors (Lipinski definition) is 2. The lowest BCUT2D eigenvalue weighted by Crippen LogP contribution is -2.26. The normalized spacial score (nSPS) is 10.4. The highest BCUT2D eigenvalue weighted by molar-refractivity contribution is 6.34. The zero-order valence-electron chi connectivity index (χ0n) is 12.3. The van der Waals surface area contributed by atoms with Crippen molar-refractivity contribution in [2.75, 3.05) is 19.5 Å². The number of rotatable bonds is 4. The van der Waals surface area contributed by atoms with E-state index in [1.807, 2.05) is 0 Å². The van der Waals surface area contributed by atoms with Gasteiger partial charge >= 0.3 is 0 Å². The summed E-state index contributed by atoms with van der Waals surface area (Å²) in [6.07, 6.45) is 0. The van der Waals surface area contributed by atoms with Crippen LogP contribution in [-0.2, 0) is 4.84 Å². The van der Waals surface area contributed by atoms with E-state index in [2.05, 4.69) is 15.5 Å². The summed E-state index contributed by atoms with van der Waals surface area (Å²) in [4.78, 5) is 29.0. The fourth-order valence-corrected chi connectivity index (χ4v) is 2.01. The van der Waals surface area contributed by atoms with E-state index in [1.165, 1.54) is 14.2 Å². The molecule has 0 unspecified atom stereocenters. The number of carbonyl (C=O) groups is 2. The average Bonchev–Trinajstić information content (AvgIpc) is 2.87. The zero-order chi connectivity index (χ0) is 16.3. The van der Waals surface area contributed by atoms with E-state index in [0.29, 0.717) is 16.1 Å². The number of nitrogens with zero attached hydrogens (tertiary/aromatic N) is 2. The van der Waals surface area contributed by atoms with Gasteiger partial charge in [-0.3, -0.25) is 19.5 Å². The van der Waals surface area contributed by atoms with Gasteiger partial charge in [0.25, 0.3) is 11.8 Å². The van der Waals surface area contributed by atoms with Crippen LogP contribution in [0.3, 0.4) is 0 Å². The molecule has 0 saturated carbocycles. The Morgan fingerprint density at radius 2 is 2.05 bits per heavy atom. The number of aromatic nitrogens is 2. The summed E-state index contributed by atoms with van der Waals surface area (Å²) < 4.78 is 0. The molecule has 2 amide bonds. The van der Waals surface area contributed by atoms with Crippen LogP contribution in [0.15, 0.2) is 24.3 Å². The summed E-state index contributed by atoms with van der Waals surface area (Å²) in [5.41, 5.74) is 1.07. The standard InChI is InChI=1S/C14H15ClN4O3/c1-8-11(14(21)19(2)22-3)17-18-12(8)16-13(20)9-6-4-5-7-10(9)15/h4-7H,1-3H3,(H2,16,17,18,20). The molecule has 1 heterocycles. The molecule has 0 bridgehead atoms. The van der Waals surface area contributed by atoms with Crippen LogP contribution in [0, 0.1) is 6.92 Å². The maximum atomic E-state index is 12.2. The first-order chi connectivity index (χ1) is 10.5. The van der Waals surface area contributed by atoms with Gasteiger partial charge in [0, 0.05) is 12.6 Å². The molecule has 116 valence electrons. The van der Waals surface area contributed by atoms with Crippen LogP contribution in [0.5, 0.6) is 0 Å². The second-order valence-corrected chi connectivity index (χ2v) is 4.90. The van der Waals surface area contributed by atoms with Gasteiger partial charge in [-0.15, -0.1) is 0 Å². The molecule has 22 heavy (non-hydrogen) atoms. The molecular formula is C14H15ClN4O3. The van der Waals surface area contributed by atoms with E-state index in [9.17, 15) is 9.59 Å². The second-order valence-electron chi connectivity index (χ2n) is 4.49. The van der Waals surface area contributed by atoms with E-state index in [0.717, 1.165) is 5.06 Å². The molecule has 8 heteroatoms. The van der Waals surface area contributed by atoms with Crippen molar-refractivity contribution >= 4 is 29.2 Å². The molecule has 2 rings (SSSR count). The van der Waals surface area contributed by atoms with Gasteiger partial charge in [0.2, 0.25) is 0 Å². The van der Waals surface area contributed by atoms with Crippen LogP contribution < -0.4 is 5.32 Å². The molecule has 0 aliphatic carbocycles. The highest BCUT2D eigenvalue weighted by atomic mass is 35.5. The van der Waals surface area contributed by atoms with Crippen molar-refractivity contribution in [2.24, 2.45) is 0 Å². The van der Waals surface area contributed by atoms with Crippen molar-refractivity contribution in [2.45, 2.75) is 6.92 Å². The van der Waals surface area contributed by atoms with Crippen LogP contribution in [0.1, 0.15) is 26.4 Å². The van der Waals surface area contributed by atoms with Gasteiger partial charge in [0.15, 0.2) is 5.82 Å². The SMILES string of the molecule is CON(C)C(=O)c1[nH]nc(NC(=O)c2ccccc2Cl)c1C. The molecule has 0 aliphatic heterocycles. The maximum absolute atomic E-state index is 12.2. The van der Waals surface area contributed by atoms with Crippen LogP contribution in [-0.4, -0.2) is 41.2 Å². The lowest BCUT2D eigenvalue weighted by Gasteiger charge is -2.12. The largest absolute Gasteiger partial charge is 0.305 e. The smallest absolute Gasteiger partial charge is 0.295 e. The van der Waals surface area contributed by atoms with E-state index < -0.39 is 11.8 Å². The van der Waals surface area contributed by atoms with Crippen molar-refractivity contribution in [3.63, 3.8) is 0 Å². The Morgan fingerprint density at radius 3 is 2.68 bits per heavy atom. The van der Waals surface area contributed by atoms with Crippen LogP contribution in [0.25, 0.3) is 0 Å². The van der Waals surface area contributed by atoms with E-state index >= 15 is 0 Å². The maximum Gasteiger partial charge on any atom is 0.295 e. The van der Waals surface area contributed by atoms with Gasteiger partial charge in [-0.25, -0.2) is 5.06 Å². The minimum Gasteiger partial charge on any atom is -0.305 e. The minimum atomic E-state index is -0.403. The number of nitrogens with one attached hydrogen (secondary N) is 2. The van der Waals surface area contributed by atoms with Gasteiger partial charge in [-0.05, 0) is 19.1 Å².